The molecule has 0 saturated heterocycles. The van der Waals surface area contributed by atoms with E-state index in [4.69, 9.17) is 11.6 Å². The van der Waals surface area contributed by atoms with Crippen molar-refractivity contribution in [3.05, 3.63) is 11.6 Å². The van der Waals surface area contributed by atoms with Gasteiger partial charge in [-0.05, 0) is 18.6 Å². The molecule has 0 N–H and O–H groups in total. The molecule has 0 atom stereocenters. The Morgan fingerprint density at radius 1 is 1.67 bits per heavy atom. The fraction of sp³-hybridized carbons (Fsp3) is 0.333. The van der Waals surface area contributed by atoms with Gasteiger partial charge in [-0.3, -0.25) is 4.99 Å². The van der Waals surface area contributed by atoms with E-state index in [1.165, 1.54) is 6.34 Å². The molecule has 0 aromatic heterocycles. The zero-order valence-electron chi connectivity index (χ0n) is 5.13. The van der Waals surface area contributed by atoms with E-state index in [0.29, 0.717) is 11.7 Å². The van der Waals surface area contributed by atoms with Gasteiger partial charge in [0, 0.05) is 0 Å². The van der Waals surface area contributed by atoms with Crippen LogP contribution in [0, 0.1) is 0 Å². The minimum Gasteiger partial charge on any atom is -0.269 e. The molecule has 2 nitrogen and oxygen atoms in total. The molecule has 9 heavy (non-hydrogen) atoms. The van der Waals surface area contributed by atoms with Gasteiger partial charge in [0.2, 0.25) is 0 Å². The summed E-state index contributed by atoms with van der Waals surface area (Å²) in [7, 11) is 0. The quantitative estimate of drug-likeness (QED) is 0.491. The van der Waals surface area contributed by atoms with E-state index in [1.807, 2.05) is 13.0 Å². The van der Waals surface area contributed by atoms with Gasteiger partial charge in [-0.15, -0.1) is 0 Å². The lowest BCUT2D eigenvalue weighted by Crippen LogP contribution is -1.82. The molecule has 0 fully saturated rings. The van der Waals surface area contributed by atoms with Crippen LogP contribution in [0.2, 0.25) is 0 Å². The van der Waals surface area contributed by atoms with Crippen LogP contribution in [0.4, 0.5) is 0 Å². The predicted octanol–water partition coefficient (Wildman–Crippen LogP) is 1.61. The van der Waals surface area contributed by atoms with Crippen molar-refractivity contribution in [1.29, 1.82) is 0 Å². The van der Waals surface area contributed by atoms with Gasteiger partial charge in [-0.2, -0.15) is 0 Å². The highest BCUT2D eigenvalue weighted by Crippen LogP contribution is 2.00. The Morgan fingerprint density at radius 2 is 2.44 bits per heavy atom. The van der Waals surface area contributed by atoms with Gasteiger partial charge < -0.3 is 0 Å². The summed E-state index contributed by atoms with van der Waals surface area (Å²) in [4.78, 5) is 7.73. The molecule has 0 radical (unpaired) electrons. The molecule has 0 saturated carbocycles. The lowest BCUT2D eigenvalue weighted by molar-refractivity contribution is 1.15. The van der Waals surface area contributed by atoms with Gasteiger partial charge in [0.05, 0.1) is 6.54 Å². The lowest BCUT2D eigenvalue weighted by Gasteiger charge is -1.87. The SMILES string of the molecule is CC1=CC(Cl)=NC=NC1. The summed E-state index contributed by atoms with van der Waals surface area (Å²) in [6.07, 6.45) is 3.30. The minimum atomic E-state index is 0.508. The third-order valence-electron chi connectivity index (χ3n) is 0.969. The van der Waals surface area contributed by atoms with Crippen LogP contribution in [-0.2, 0) is 0 Å². The van der Waals surface area contributed by atoms with E-state index >= 15 is 0 Å². The van der Waals surface area contributed by atoms with Crippen molar-refractivity contribution in [2.45, 2.75) is 6.92 Å². The van der Waals surface area contributed by atoms with Crippen molar-refractivity contribution >= 4 is 23.1 Å². The number of hydrogen-bond donors (Lipinski definition) is 0. The van der Waals surface area contributed by atoms with Crippen LogP contribution < -0.4 is 0 Å². The highest BCUT2D eigenvalue weighted by atomic mass is 35.5. The Balaban J connectivity index is 2.82. The standard InChI is InChI=1S/C6H7ClN2/c1-5-2-6(7)9-4-8-3-5/h2,4H,3H2,1H3. The van der Waals surface area contributed by atoms with Gasteiger partial charge in [0.15, 0.2) is 0 Å². The van der Waals surface area contributed by atoms with Gasteiger partial charge in [-0.25, -0.2) is 4.99 Å². The Labute approximate surface area is 59.0 Å². The molecule has 0 aromatic carbocycles. The molecule has 0 bridgehead atoms. The van der Waals surface area contributed by atoms with Crippen molar-refractivity contribution in [2.75, 3.05) is 6.54 Å². The van der Waals surface area contributed by atoms with Crippen molar-refractivity contribution in [3.8, 4) is 0 Å². The monoisotopic (exact) mass is 142 g/mol. The first kappa shape index (κ1) is 6.49. The second kappa shape index (κ2) is 2.78. The van der Waals surface area contributed by atoms with E-state index in [1.54, 1.807) is 0 Å². The summed E-state index contributed by atoms with van der Waals surface area (Å²) < 4.78 is 0. The summed E-state index contributed by atoms with van der Waals surface area (Å²) in [5.41, 5.74) is 1.14. The van der Waals surface area contributed by atoms with Crippen LogP contribution in [0.25, 0.3) is 0 Å². The molecule has 1 rings (SSSR count). The molecular formula is C6H7ClN2. The smallest absolute Gasteiger partial charge is 0.130 e. The minimum absolute atomic E-state index is 0.508. The average Bonchev–Trinajstić information content (AvgIpc) is 1.93. The Bertz CT molecular complexity index is 191. The zero-order valence-corrected chi connectivity index (χ0v) is 5.89. The number of hydrogen-bond acceptors (Lipinski definition) is 2. The van der Waals surface area contributed by atoms with Gasteiger partial charge >= 0.3 is 0 Å². The zero-order chi connectivity index (χ0) is 6.69. The van der Waals surface area contributed by atoms with Crippen molar-refractivity contribution in [3.63, 3.8) is 0 Å². The molecule has 1 aliphatic heterocycles. The summed E-state index contributed by atoms with van der Waals surface area (Å²) in [5, 5.41) is 0.508. The summed E-state index contributed by atoms with van der Waals surface area (Å²) in [6.45, 7) is 2.68. The fourth-order valence-corrected chi connectivity index (χ4v) is 0.797. The maximum atomic E-state index is 5.60. The summed E-state index contributed by atoms with van der Waals surface area (Å²) >= 11 is 5.60. The number of aliphatic imine (C=N–C) groups is 2. The highest BCUT2D eigenvalue weighted by molar-refractivity contribution is 6.69. The van der Waals surface area contributed by atoms with E-state index in [9.17, 15) is 0 Å². The van der Waals surface area contributed by atoms with Gasteiger partial charge in [0.25, 0.3) is 0 Å². The topological polar surface area (TPSA) is 24.7 Å². The summed E-state index contributed by atoms with van der Waals surface area (Å²) in [6, 6.07) is 0. The van der Waals surface area contributed by atoms with Crippen molar-refractivity contribution in [1.82, 2.24) is 0 Å². The van der Waals surface area contributed by atoms with Crippen molar-refractivity contribution in [2.24, 2.45) is 9.98 Å². The van der Waals surface area contributed by atoms with Gasteiger partial charge in [-0.1, -0.05) is 11.6 Å². The highest BCUT2D eigenvalue weighted by Gasteiger charge is 1.93. The molecule has 48 valence electrons. The van der Waals surface area contributed by atoms with E-state index in [-0.39, 0.29) is 0 Å². The third-order valence-corrected chi connectivity index (χ3v) is 1.18. The first-order valence-electron chi connectivity index (χ1n) is 2.68. The molecule has 0 unspecified atom stereocenters. The predicted molar refractivity (Wildman–Crippen MR) is 40.4 cm³/mol. The van der Waals surface area contributed by atoms with Crippen LogP contribution in [-0.4, -0.2) is 18.1 Å². The van der Waals surface area contributed by atoms with Crippen LogP contribution in [0.3, 0.4) is 0 Å². The van der Waals surface area contributed by atoms with Crippen LogP contribution in [0.1, 0.15) is 6.92 Å². The average molecular weight is 143 g/mol. The van der Waals surface area contributed by atoms with Gasteiger partial charge in [0.1, 0.15) is 11.5 Å². The van der Waals surface area contributed by atoms with Crippen molar-refractivity contribution < 1.29 is 0 Å². The molecule has 1 heterocycles. The van der Waals surface area contributed by atoms with E-state index < -0.39 is 0 Å². The molecule has 0 spiro atoms. The molecule has 3 heteroatoms. The normalized spacial score (nSPS) is 18.4. The van der Waals surface area contributed by atoms with E-state index in [2.05, 4.69) is 9.98 Å². The molecule has 0 amide bonds. The summed E-state index contributed by atoms with van der Waals surface area (Å²) in [5.74, 6) is 0. The fourth-order valence-electron chi connectivity index (χ4n) is 0.567. The van der Waals surface area contributed by atoms with Crippen LogP contribution in [0.5, 0.6) is 0 Å². The largest absolute Gasteiger partial charge is 0.269 e. The third kappa shape index (κ3) is 1.98. The maximum absolute atomic E-state index is 5.60. The Hall–Kier alpha value is -0.630. The Kier molecular flexibility index (Phi) is 2.01. The molecule has 0 aliphatic carbocycles. The number of rotatable bonds is 0. The molecule has 1 aliphatic rings. The first-order chi connectivity index (χ1) is 4.29. The molecular weight excluding hydrogens is 136 g/mol. The molecule has 0 aromatic rings. The number of allylic oxidation sites excluding steroid dienone is 1. The lowest BCUT2D eigenvalue weighted by atomic mass is 10.3. The maximum Gasteiger partial charge on any atom is 0.130 e. The van der Waals surface area contributed by atoms with Crippen LogP contribution in [0.15, 0.2) is 21.6 Å². The van der Waals surface area contributed by atoms with Crippen LogP contribution >= 0.6 is 11.6 Å². The Morgan fingerprint density at radius 3 is 3.22 bits per heavy atom. The first-order valence-corrected chi connectivity index (χ1v) is 3.05. The number of halogens is 1. The number of nitrogens with zero attached hydrogens (tertiary/aromatic N) is 2. The van der Waals surface area contributed by atoms with E-state index in [0.717, 1.165) is 5.57 Å². The second-order valence-corrected chi connectivity index (χ2v) is 2.29. The second-order valence-electron chi connectivity index (χ2n) is 1.90.